The summed E-state index contributed by atoms with van der Waals surface area (Å²) in [5.74, 6) is -0.0198. The summed E-state index contributed by atoms with van der Waals surface area (Å²) in [4.78, 5) is 20.1. The zero-order valence-electron chi connectivity index (χ0n) is 13.9. The van der Waals surface area contributed by atoms with E-state index in [9.17, 15) is 9.90 Å². The van der Waals surface area contributed by atoms with Gasteiger partial charge in [0.1, 0.15) is 5.60 Å². The highest BCUT2D eigenvalue weighted by Gasteiger charge is 2.36. The van der Waals surface area contributed by atoms with Crippen LogP contribution in [-0.2, 0) is 17.9 Å². The highest BCUT2D eigenvalue weighted by atomic mass is 16.3. The molecule has 0 radical (unpaired) electrons. The lowest BCUT2D eigenvalue weighted by Crippen LogP contribution is -2.50. The van der Waals surface area contributed by atoms with E-state index >= 15 is 0 Å². The number of rotatable bonds is 4. The van der Waals surface area contributed by atoms with E-state index in [2.05, 4.69) is 15.0 Å². The molecule has 3 rings (SSSR count). The van der Waals surface area contributed by atoms with Gasteiger partial charge in [-0.1, -0.05) is 6.07 Å². The molecule has 0 aliphatic carbocycles. The van der Waals surface area contributed by atoms with Crippen molar-refractivity contribution < 1.29 is 9.90 Å². The summed E-state index contributed by atoms with van der Waals surface area (Å²) >= 11 is 0. The van der Waals surface area contributed by atoms with Gasteiger partial charge in [-0.2, -0.15) is 5.10 Å². The Balaban J connectivity index is 1.77. The molecule has 3 heterocycles. The Morgan fingerprint density at radius 3 is 2.79 bits per heavy atom. The number of hydrogen-bond donors (Lipinski definition) is 1. The van der Waals surface area contributed by atoms with E-state index in [1.54, 1.807) is 28.9 Å². The Kier molecular flexibility index (Phi) is 4.92. The van der Waals surface area contributed by atoms with Crippen molar-refractivity contribution in [1.82, 2.24) is 24.6 Å². The SMILES string of the molecule is CC(=O)N1CCN(Cc2ccccn2)C[C@@](O)(Cn2cccn2)C1. The van der Waals surface area contributed by atoms with Crippen LogP contribution >= 0.6 is 0 Å². The maximum atomic E-state index is 11.9. The van der Waals surface area contributed by atoms with Gasteiger partial charge in [-0.05, 0) is 18.2 Å². The van der Waals surface area contributed by atoms with Crippen molar-refractivity contribution in [1.29, 1.82) is 0 Å². The molecule has 24 heavy (non-hydrogen) atoms. The second-order valence-corrected chi connectivity index (χ2v) is 6.40. The van der Waals surface area contributed by atoms with E-state index in [0.717, 1.165) is 5.69 Å². The van der Waals surface area contributed by atoms with Gasteiger partial charge in [-0.25, -0.2) is 0 Å². The van der Waals surface area contributed by atoms with E-state index in [4.69, 9.17) is 0 Å². The summed E-state index contributed by atoms with van der Waals surface area (Å²) in [5, 5.41) is 15.4. The Bertz CT molecular complexity index is 661. The first-order valence-electron chi connectivity index (χ1n) is 8.12. The molecule has 1 N–H and O–H groups in total. The van der Waals surface area contributed by atoms with Crippen LogP contribution in [0.5, 0.6) is 0 Å². The summed E-state index contributed by atoms with van der Waals surface area (Å²) in [7, 11) is 0. The smallest absolute Gasteiger partial charge is 0.219 e. The first kappa shape index (κ1) is 16.6. The van der Waals surface area contributed by atoms with Crippen LogP contribution in [0.25, 0.3) is 0 Å². The minimum atomic E-state index is -1.05. The second-order valence-electron chi connectivity index (χ2n) is 6.40. The van der Waals surface area contributed by atoms with E-state index in [-0.39, 0.29) is 5.91 Å². The lowest BCUT2D eigenvalue weighted by molar-refractivity contribution is -0.132. The average Bonchev–Trinajstić information content (AvgIpc) is 2.98. The summed E-state index contributed by atoms with van der Waals surface area (Å²) in [5.41, 5.74) is -0.0987. The third-order valence-corrected chi connectivity index (χ3v) is 4.26. The summed E-state index contributed by atoms with van der Waals surface area (Å²) in [6.45, 7) is 4.62. The third-order valence-electron chi connectivity index (χ3n) is 4.26. The first-order valence-corrected chi connectivity index (χ1v) is 8.12. The van der Waals surface area contributed by atoms with Gasteiger partial charge in [-0.15, -0.1) is 0 Å². The molecule has 7 nitrogen and oxygen atoms in total. The lowest BCUT2D eigenvalue weighted by atomic mass is 10.0. The molecule has 0 bridgehead atoms. The van der Waals surface area contributed by atoms with Gasteiger partial charge in [0.2, 0.25) is 5.91 Å². The number of pyridine rings is 1. The lowest BCUT2D eigenvalue weighted by Gasteiger charge is -2.32. The van der Waals surface area contributed by atoms with Crippen LogP contribution in [0, 0.1) is 0 Å². The van der Waals surface area contributed by atoms with Crippen LogP contribution in [0.15, 0.2) is 42.9 Å². The Hall–Kier alpha value is -2.25. The third kappa shape index (κ3) is 4.18. The number of carbonyl (C=O) groups excluding carboxylic acids is 1. The number of hydrogen-bond acceptors (Lipinski definition) is 5. The minimum Gasteiger partial charge on any atom is -0.385 e. The molecule has 0 aromatic carbocycles. The molecular formula is C17H23N5O2. The molecule has 1 aliphatic rings. The fraction of sp³-hybridized carbons (Fsp3) is 0.471. The number of aliphatic hydroxyl groups is 1. The van der Waals surface area contributed by atoms with Crippen molar-refractivity contribution in [3.05, 3.63) is 48.5 Å². The summed E-state index contributed by atoms with van der Waals surface area (Å²) in [6.07, 6.45) is 5.28. The Morgan fingerprint density at radius 1 is 1.25 bits per heavy atom. The Labute approximate surface area is 141 Å². The van der Waals surface area contributed by atoms with E-state index in [0.29, 0.717) is 39.3 Å². The van der Waals surface area contributed by atoms with Crippen LogP contribution in [-0.4, -0.2) is 67.4 Å². The molecule has 0 spiro atoms. The van der Waals surface area contributed by atoms with E-state index < -0.39 is 5.60 Å². The predicted molar refractivity (Wildman–Crippen MR) is 88.9 cm³/mol. The molecule has 1 amide bonds. The Morgan fingerprint density at radius 2 is 2.12 bits per heavy atom. The quantitative estimate of drug-likeness (QED) is 0.877. The second kappa shape index (κ2) is 7.11. The first-order chi connectivity index (χ1) is 11.5. The summed E-state index contributed by atoms with van der Waals surface area (Å²) < 4.78 is 1.71. The number of amides is 1. The van der Waals surface area contributed by atoms with Crippen molar-refractivity contribution in [2.75, 3.05) is 26.2 Å². The average molecular weight is 329 g/mol. The molecule has 0 unspecified atom stereocenters. The van der Waals surface area contributed by atoms with Crippen LogP contribution < -0.4 is 0 Å². The fourth-order valence-electron chi connectivity index (χ4n) is 3.16. The van der Waals surface area contributed by atoms with Crippen molar-refractivity contribution in [3.8, 4) is 0 Å². The monoisotopic (exact) mass is 329 g/mol. The fourth-order valence-corrected chi connectivity index (χ4v) is 3.16. The predicted octanol–water partition coefficient (Wildman–Crippen LogP) is 0.373. The van der Waals surface area contributed by atoms with Gasteiger partial charge in [0, 0.05) is 51.7 Å². The molecule has 1 saturated heterocycles. The number of aromatic nitrogens is 3. The maximum absolute atomic E-state index is 11.9. The van der Waals surface area contributed by atoms with E-state index in [1.807, 2.05) is 30.5 Å². The van der Waals surface area contributed by atoms with Crippen molar-refractivity contribution in [3.63, 3.8) is 0 Å². The molecule has 1 aliphatic heterocycles. The van der Waals surface area contributed by atoms with Gasteiger partial charge >= 0.3 is 0 Å². The molecule has 0 saturated carbocycles. The van der Waals surface area contributed by atoms with Crippen LogP contribution in [0.1, 0.15) is 12.6 Å². The normalized spacial score (nSPS) is 22.3. The molecule has 2 aromatic heterocycles. The van der Waals surface area contributed by atoms with E-state index in [1.165, 1.54) is 0 Å². The molecule has 7 heteroatoms. The zero-order chi connectivity index (χ0) is 17.0. The standard InChI is InChI=1S/C17H23N5O2/c1-15(23)21-10-9-20(11-16-5-2-3-6-18-16)12-17(24,13-21)14-22-8-4-7-19-22/h2-8,24H,9-14H2,1H3/t17-/m0/s1. The van der Waals surface area contributed by atoms with Gasteiger partial charge in [-0.3, -0.25) is 19.4 Å². The molecule has 128 valence electrons. The molecule has 2 aromatic rings. The zero-order valence-corrected chi connectivity index (χ0v) is 13.9. The molecular weight excluding hydrogens is 306 g/mol. The van der Waals surface area contributed by atoms with Crippen LogP contribution in [0.2, 0.25) is 0 Å². The van der Waals surface area contributed by atoms with Gasteiger partial charge < -0.3 is 10.0 Å². The van der Waals surface area contributed by atoms with Crippen LogP contribution in [0.3, 0.4) is 0 Å². The number of β-amino-alcohol motifs (C(OH)–C–C–N with tert-alkyl or cyclic N) is 1. The highest BCUT2D eigenvalue weighted by molar-refractivity contribution is 5.73. The van der Waals surface area contributed by atoms with Gasteiger partial charge in [0.15, 0.2) is 0 Å². The van der Waals surface area contributed by atoms with Crippen molar-refractivity contribution >= 4 is 5.91 Å². The van der Waals surface area contributed by atoms with Gasteiger partial charge in [0.25, 0.3) is 0 Å². The molecule has 1 fully saturated rings. The largest absolute Gasteiger partial charge is 0.385 e. The van der Waals surface area contributed by atoms with Gasteiger partial charge in [0.05, 0.1) is 18.8 Å². The van der Waals surface area contributed by atoms with Crippen molar-refractivity contribution in [2.24, 2.45) is 0 Å². The van der Waals surface area contributed by atoms with Crippen molar-refractivity contribution in [2.45, 2.75) is 25.6 Å². The number of carbonyl (C=O) groups is 1. The van der Waals surface area contributed by atoms with Crippen LogP contribution in [0.4, 0.5) is 0 Å². The summed E-state index contributed by atoms with van der Waals surface area (Å²) in [6, 6.07) is 7.64. The highest BCUT2D eigenvalue weighted by Crippen LogP contribution is 2.18. The maximum Gasteiger partial charge on any atom is 0.219 e. The minimum absolute atomic E-state index is 0.0198. The topological polar surface area (TPSA) is 74.5 Å². The molecule has 1 atom stereocenters. The number of nitrogens with zero attached hydrogens (tertiary/aromatic N) is 5.